The fourth-order valence-electron chi connectivity index (χ4n) is 2.54. The molecular formula is C15H21N3S. The number of rotatable bonds is 4. The lowest BCUT2D eigenvalue weighted by atomic mass is 10.0. The number of nitrogens with zero attached hydrogens (tertiary/aromatic N) is 2. The summed E-state index contributed by atoms with van der Waals surface area (Å²) < 4.78 is 0. The van der Waals surface area contributed by atoms with Crippen LogP contribution in [0, 0.1) is 27.7 Å². The van der Waals surface area contributed by atoms with E-state index in [0.29, 0.717) is 0 Å². The summed E-state index contributed by atoms with van der Waals surface area (Å²) in [7, 11) is 0. The molecule has 3 nitrogen and oxygen atoms in total. The van der Waals surface area contributed by atoms with Gasteiger partial charge in [0.15, 0.2) is 0 Å². The standard InChI is InChI=1S/C15H21N3S/c1-9-6-10(2)17-12(4)15(9)11(3)16-7-14-8-19-13(5)18-14/h6,8,11,16H,7H2,1-5H3. The van der Waals surface area contributed by atoms with Gasteiger partial charge in [0.2, 0.25) is 0 Å². The Balaban J connectivity index is 2.10. The zero-order chi connectivity index (χ0) is 14.0. The topological polar surface area (TPSA) is 37.8 Å². The quantitative estimate of drug-likeness (QED) is 0.926. The summed E-state index contributed by atoms with van der Waals surface area (Å²) in [5, 5.41) is 6.77. The fourth-order valence-corrected chi connectivity index (χ4v) is 3.15. The van der Waals surface area contributed by atoms with E-state index in [1.807, 2.05) is 13.8 Å². The molecule has 0 saturated heterocycles. The van der Waals surface area contributed by atoms with E-state index in [4.69, 9.17) is 0 Å². The first-order valence-electron chi connectivity index (χ1n) is 6.56. The molecule has 1 N–H and O–H groups in total. The molecule has 2 aromatic rings. The summed E-state index contributed by atoms with van der Waals surface area (Å²) in [6.45, 7) is 11.3. The Morgan fingerprint density at radius 2 is 1.95 bits per heavy atom. The molecule has 102 valence electrons. The lowest BCUT2D eigenvalue weighted by Gasteiger charge is -2.18. The van der Waals surface area contributed by atoms with Crippen LogP contribution in [0.4, 0.5) is 0 Å². The molecule has 0 bridgehead atoms. The molecule has 2 rings (SSSR count). The van der Waals surface area contributed by atoms with Gasteiger partial charge in [0.05, 0.1) is 10.7 Å². The second kappa shape index (κ2) is 5.80. The third kappa shape index (κ3) is 3.39. The van der Waals surface area contributed by atoms with Crippen molar-refractivity contribution in [1.82, 2.24) is 15.3 Å². The van der Waals surface area contributed by atoms with Gasteiger partial charge in [-0.3, -0.25) is 4.98 Å². The largest absolute Gasteiger partial charge is 0.304 e. The molecule has 2 aromatic heterocycles. The zero-order valence-electron chi connectivity index (χ0n) is 12.2. The molecule has 0 fully saturated rings. The van der Waals surface area contributed by atoms with E-state index in [-0.39, 0.29) is 6.04 Å². The molecule has 4 heteroatoms. The predicted octanol–water partition coefficient (Wildman–Crippen LogP) is 3.62. The van der Waals surface area contributed by atoms with Crippen LogP contribution in [0.1, 0.15) is 46.2 Å². The fraction of sp³-hybridized carbons (Fsp3) is 0.467. The van der Waals surface area contributed by atoms with Crippen LogP contribution < -0.4 is 5.32 Å². The van der Waals surface area contributed by atoms with Gasteiger partial charge in [-0.2, -0.15) is 0 Å². The smallest absolute Gasteiger partial charge is 0.0897 e. The van der Waals surface area contributed by atoms with Crippen molar-refractivity contribution in [3.8, 4) is 0 Å². The molecule has 0 aliphatic carbocycles. The Morgan fingerprint density at radius 1 is 1.21 bits per heavy atom. The molecule has 0 aromatic carbocycles. The highest BCUT2D eigenvalue weighted by Crippen LogP contribution is 2.21. The molecule has 1 unspecified atom stereocenters. The third-order valence-corrected chi connectivity index (χ3v) is 4.10. The number of hydrogen-bond donors (Lipinski definition) is 1. The number of pyridine rings is 1. The second-order valence-electron chi connectivity index (χ2n) is 5.04. The van der Waals surface area contributed by atoms with Gasteiger partial charge in [-0.05, 0) is 51.8 Å². The first kappa shape index (κ1) is 14.2. The van der Waals surface area contributed by atoms with E-state index >= 15 is 0 Å². The van der Waals surface area contributed by atoms with Gasteiger partial charge < -0.3 is 5.32 Å². The minimum absolute atomic E-state index is 0.287. The molecule has 1 atom stereocenters. The SMILES string of the molecule is Cc1cc(C)c(C(C)NCc2csc(C)n2)c(C)n1. The van der Waals surface area contributed by atoms with Crippen molar-refractivity contribution in [3.05, 3.63) is 44.7 Å². The van der Waals surface area contributed by atoms with Gasteiger partial charge in [0.25, 0.3) is 0 Å². The second-order valence-corrected chi connectivity index (χ2v) is 6.10. The molecule has 2 heterocycles. The van der Waals surface area contributed by atoms with Crippen LogP contribution >= 0.6 is 11.3 Å². The molecular weight excluding hydrogens is 254 g/mol. The Morgan fingerprint density at radius 3 is 2.53 bits per heavy atom. The van der Waals surface area contributed by atoms with E-state index in [9.17, 15) is 0 Å². The molecule has 0 amide bonds. The number of thiazole rings is 1. The van der Waals surface area contributed by atoms with Crippen molar-refractivity contribution < 1.29 is 0 Å². The van der Waals surface area contributed by atoms with Crippen molar-refractivity contribution >= 4 is 11.3 Å². The molecule has 19 heavy (non-hydrogen) atoms. The van der Waals surface area contributed by atoms with Gasteiger partial charge in [-0.15, -0.1) is 11.3 Å². The summed E-state index contributed by atoms with van der Waals surface area (Å²) in [5.41, 5.74) is 5.93. The van der Waals surface area contributed by atoms with Crippen LogP contribution in [0.3, 0.4) is 0 Å². The highest BCUT2D eigenvalue weighted by Gasteiger charge is 2.13. The van der Waals surface area contributed by atoms with Gasteiger partial charge in [0.1, 0.15) is 0 Å². The van der Waals surface area contributed by atoms with E-state index in [1.54, 1.807) is 11.3 Å². The Labute approximate surface area is 119 Å². The predicted molar refractivity (Wildman–Crippen MR) is 80.6 cm³/mol. The molecule has 0 aliphatic rings. The average Bonchev–Trinajstić information content (AvgIpc) is 2.71. The van der Waals surface area contributed by atoms with Crippen molar-refractivity contribution in [1.29, 1.82) is 0 Å². The van der Waals surface area contributed by atoms with Crippen LogP contribution in [0.15, 0.2) is 11.4 Å². The lowest BCUT2D eigenvalue weighted by Crippen LogP contribution is -2.20. The van der Waals surface area contributed by atoms with E-state index in [2.05, 4.69) is 47.5 Å². The Hall–Kier alpha value is -1.26. The molecule has 0 radical (unpaired) electrons. The minimum Gasteiger partial charge on any atom is -0.304 e. The maximum Gasteiger partial charge on any atom is 0.0897 e. The van der Waals surface area contributed by atoms with Crippen LogP contribution in [0.5, 0.6) is 0 Å². The van der Waals surface area contributed by atoms with Gasteiger partial charge in [0, 0.05) is 29.4 Å². The molecule has 0 saturated carbocycles. The summed E-state index contributed by atoms with van der Waals surface area (Å²) >= 11 is 1.70. The van der Waals surface area contributed by atoms with Gasteiger partial charge >= 0.3 is 0 Å². The van der Waals surface area contributed by atoms with E-state index in [1.165, 1.54) is 11.1 Å². The number of nitrogens with one attached hydrogen (secondary N) is 1. The summed E-state index contributed by atoms with van der Waals surface area (Å²) in [6.07, 6.45) is 0. The van der Waals surface area contributed by atoms with E-state index in [0.717, 1.165) is 28.6 Å². The number of aromatic nitrogens is 2. The van der Waals surface area contributed by atoms with Crippen molar-refractivity contribution in [2.75, 3.05) is 0 Å². The van der Waals surface area contributed by atoms with Crippen LogP contribution in [0.25, 0.3) is 0 Å². The molecule has 0 spiro atoms. The average molecular weight is 275 g/mol. The van der Waals surface area contributed by atoms with Gasteiger partial charge in [-0.25, -0.2) is 4.98 Å². The number of aryl methyl sites for hydroxylation is 4. The van der Waals surface area contributed by atoms with Crippen molar-refractivity contribution in [2.24, 2.45) is 0 Å². The summed E-state index contributed by atoms with van der Waals surface area (Å²) in [4.78, 5) is 9.04. The summed E-state index contributed by atoms with van der Waals surface area (Å²) in [6, 6.07) is 2.43. The Kier molecular flexibility index (Phi) is 4.32. The first-order chi connectivity index (χ1) is 8.97. The lowest BCUT2D eigenvalue weighted by molar-refractivity contribution is 0.561. The maximum atomic E-state index is 4.56. The van der Waals surface area contributed by atoms with Crippen LogP contribution in [-0.2, 0) is 6.54 Å². The molecule has 0 aliphatic heterocycles. The van der Waals surface area contributed by atoms with Crippen LogP contribution in [0.2, 0.25) is 0 Å². The van der Waals surface area contributed by atoms with E-state index < -0.39 is 0 Å². The maximum absolute atomic E-state index is 4.56. The number of hydrogen-bond acceptors (Lipinski definition) is 4. The van der Waals surface area contributed by atoms with Crippen molar-refractivity contribution in [3.63, 3.8) is 0 Å². The summed E-state index contributed by atoms with van der Waals surface area (Å²) in [5.74, 6) is 0. The van der Waals surface area contributed by atoms with Crippen molar-refractivity contribution in [2.45, 2.75) is 47.2 Å². The Bertz CT molecular complexity index is 552. The van der Waals surface area contributed by atoms with Crippen LogP contribution in [-0.4, -0.2) is 9.97 Å². The zero-order valence-corrected chi connectivity index (χ0v) is 13.1. The minimum atomic E-state index is 0.287. The third-order valence-electron chi connectivity index (χ3n) is 3.27. The highest BCUT2D eigenvalue weighted by atomic mass is 32.1. The highest BCUT2D eigenvalue weighted by molar-refractivity contribution is 7.09. The first-order valence-corrected chi connectivity index (χ1v) is 7.44. The van der Waals surface area contributed by atoms with Gasteiger partial charge in [-0.1, -0.05) is 0 Å². The monoisotopic (exact) mass is 275 g/mol. The normalized spacial score (nSPS) is 12.7.